The van der Waals surface area contributed by atoms with Gasteiger partial charge in [-0.15, -0.1) is 0 Å². The Kier molecular flexibility index (Phi) is 4.77. The lowest BCUT2D eigenvalue weighted by molar-refractivity contribution is -0.152. The minimum Gasteiger partial charge on any atom is -0.387 e. The van der Waals surface area contributed by atoms with Crippen LogP contribution in [0.15, 0.2) is 59.4 Å². The number of piperidine rings is 1. The van der Waals surface area contributed by atoms with Gasteiger partial charge in [-0.25, -0.2) is 0 Å². The number of fused-ring (bicyclic) bond motifs is 2. The second kappa shape index (κ2) is 7.74. The van der Waals surface area contributed by atoms with Crippen molar-refractivity contribution in [3.8, 4) is 0 Å². The highest BCUT2D eigenvalue weighted by atomic mass is 16.3. The zero-order chi connectivity index (χ0) is 24.7. The number of aryl methyl sites for hydroxylation is 1. The first-order valence-electron chi connectivity index (χ1n) is 13.3. The Hall–Kier alpha value is -3.02. The van der Waals surface area contributed by atoms with Crippen LogP contribution in [-0.4, -0.2) is 45.5 Å². The Morgan fingerprint density at radius 3 is 2.67 bits per heavy atom. The fraction of sp³-hybridized carbons (Fsp3) is 0.419. The highest BCUT2D eigenvalue weighted by molar-refractivity contribution is 6.08. The van der Waals surface area contributed by atoms with Gasteiger partial charge in [-0.1, -0.05) is 54.1 Å². The first kappa shape index (κ1) is 22.2. The third kappa shape index (κ3) is 3.15. The van der Waals surface area contributed by atoms with E-state index in [4.69, 9.17) is 0 Å². The van der Waals surface area contributed by atoms with E-state index >= 15 is 0 Å². The van der Waals surface area contributed by atoms with Crippen molar-refractivity contribution in [1.29, 1.82) is 0 Å². The number of hydrogen-bond donors (Lipinski definition) is 2. The maximum Gasteiger partial charge on any atom is 0.259 e. The number of pyridine rings is 1. The van der Waals surface area contributed by atoms with E-state index in [0.29, 0.717) is 18.4 Å². The quantitative estimate of drug-likeness (QED) is 0.559. The molecule has 2 N–H and O–H groups in total. The van der Waals surface area contributed by atoms with Crippen LogP contribution in [0.4, 0.5) is 0 Å². The van der Waals surface area contributed by atoms with Gasteiger partial charge in [-0.05, 0) is 67.8 Å². The standard InChI is InChI=1S/C31H32N2O3/c1-19-7-10-22-15-27-31(36)16-23-14-24(28(34)21-5-3-2-4-6-21)29(35)32-26(23)17-30(31,25(22)13-19)11-12-33(27)18-20-8-9-20/h2-7,10,13-14,20,27,36H,8-9,11-12,15-18H2,1H3,(H,32,35)/t27-,30-,31-/m1/s1. The average molecular weight is 481 g/mol. The zero-order valence-corrected chi connectivity index (χ0v) is 20.7. The van der Waals surface area contributed by atoms with Gasteiger partial charge in [0.05, 0.1) is 11.2 Å². The van der Waals surface area contributed by atoms with Crippen molar-refractivity contribution < 1.29 is 9.90 Å². The van der Waals surface area contributed by atoms with E-state index in [1.807, 2.05) is 18.2 Å². The van der Waals surface area contributed by atoms with Gasteiger partial charge in [-0.2, -0.15) is 0 Å². The molecule has 2 fully saturated rings. The molecule has 1 aromatic heterocycles. The van der Waals surface area contributed by atoms with Crippen molar-refractivity contribution in [1.82, 2.24) is 9.88 Å². The molecule has 0 spiro atoms. The van der Waals surface area contributed by atoms with Crippen LogP contribution in [0.25, 0.3) is 0 Å². The molecular weight excluding hydrogens is 448 g/mol. The number of ketones is 1. The summed E-state index contributed by atoms with van der Waals surface area (Å²) in [5.74, 6) is 0.481. The van der Waals surface area contributed by atoms with Crippen molar-refractivity contribution in [2.45, 2.75) is 62.5 Å². The summed E-state index contributed by atoms with van der Waals surface area (Å²) >= 11 is 0. The molecule has 1 saturated heterocycles. The first-order valence-corrected chi connectivity index (χ1v) is 13.3. The van der Waals surface area contributed by atoms with Crippen molar-refractivity contribution in [3.05, 3.63) is 104 Å². The minimum absolute atomic E-state index is 0.0374. The van der Waals surface area contributed by atoms with E-state index in [-0.39, 0.29) is 22.9 Å². The number of aromatic nitrogens is 1. The number of likely N-dealkylation sites (tertiary alicyclic amines) is 1. The minimum atomic E-state index is -0.945. The highest BCUT2D eigenvalue weighted by Gasteiger charge is 2.64. The fourth-order valence-electron chi connectivity index (χ4n) is 7.42. The van der Waals surface area contributed by atoms with Crippen LogP contribution in [0, 0.1) is 12.8 Å². The number of nitrogens with one attached hydrogen (secondary N) is 1. The zero-order valence-electron chi connectivity index (χ0n) is 20.7. The predicted molar refractivity (Wildman–Crippen MR) is 139 cm³/mol. The van der Waals surface area contributed by atoms with Crippen molar-refractivity contribution in [2.75, 3.05) is 13.1 Å². The topological polar surface area (TPSA) is 73.4 Å². The number of rotatable bonds is 4. The van der Waals surface area contributed by atoms with E-state index in [2.05, 4.69) is 35.0 Å². The molecule has 36 heavy (non-hydrogen) atoms. The molecule has 7 rings (SSSR count). The predicted octanol–water partition coefficient (Wildman–Crippen LogP) is 3.72. The number of nitrogens with zero attached hydrogens (tertiary/aromatic N) is 1. The monoisotopic (exact) mass is 480 g/mol. The second-order valence-corrected chi connectivity index (χ2v) is 11.6. The number of benzene rings is 2. The third-order valence-electron chi connectivity index (χ3n) is 9.46. The lowest BCUT2D eigenvalue weighted by atomic mass is 9.49. The van der Waals surface area contributed by atoms with Crippen LogP contribution in [0.1, 0.15) is 63.1 Å². The number of aromatic amines is 1. The fourth-order valence-corrected chi connectivity index (χ4v) is 7.42. The van der Waals surface area contributed by atoms with Gasteiger partial charge < -0.3 is 10.1 Å². The van der Waals surface area contributed by atoms with Crippen LogP contribution < -0.4 is 5.56 Å². The van der Waals surface area contributed by atoms with E-state index in [0.717, 1.165) is 43.1 Å². The Bertz CT molecular complexity index is 1440. The van der Waals surface area contributed by atoms with Crippen molar-refractivity contribution in [3.63, 3.8) is 0 Å². The summed E-state index contributed by atoms with van der Waals surface area (Å²) in [6, 6.07) is 17.5. The van der Waals surface area contributed by atoms with E-state index < -0.39 is 11.0 Å². The number of aliphatic hydroxyl groups is 1. The van der Waals surface area contributed by atoms with Gasteiger partial charge in [0, 0.05) is 42.1 Å². The largest absolute Gasteiger partial charge is 0.387 e. The molecule has 3 atom stereocenters. The molecular formula is C31H32N2O3. The Morgan fingerprint density at radius 2 is 1.89 bits per heavy atom. The number of H-pyrrole nitrogens is 1. The molecule has 5 nitrogen and oxygen atoms in total. The van der Waals surface area contributed by atoms with E-state index in [1.54, 1.807) is 18.2 Å². The van der Waals surface area contributed by atoms with Crippen molar-refractivity contribution in [2.24, 2.45) is 5.92 Å². The van der Waals surface area contributed by atoms with Gasteiger partial charge in [-0.3, -0.25) is 14.5 Å². The van der Waals surface area contributed by atoms with E-state index in [1.165, 1.54) is 29.5 Å². The summed E-state index contributed by atoms with van der Waals surface area (Å²) in [5.41, 5.74) is 4.51. The van der Waals surface area contributed by atoms with Gasteiger partial charge >= 0.3 is 0 Å². The summed E-state index contributed by atoms with van der Waals surface area (Å²) in [4.78, 5) is 32.0. The summed E-state index contributed by atoms with van der Waals surface area (Å²) in [7, 11) is 0. The summed E-state index contributed by atoms with van der Waals surface area (Å²) in [5, 5.41) is 12.7. The molecule has 2 aromatic carbocycles. The Labute approximate surface area is 211 Å². The van der Waals surface area contributed by atoms with Crippen LogP contribution in [-0.2, 0) is 24.7 Å². The molecule has 184 valence electrons. The molecule has 2 bridgehead atoms. The molecule has 0 radical (unpaired) electrons. The van der Waals surface area contributed by atoms with Gasteiger partial charge in [0.2, 0.25) is 0 Å². The molecule has 1 saturated carbocycles. The lowest BCUT2D eigenvalue weighted by Crippen LogP contribution is -2.74. The highest BCUT2D eigenvalue weighted by Crippen LogP contribution is 2.57. The molecule has 1 aliphatic heterocycles. The summed E-state index contributed by atoms with van der Waals surface area (Å²) in [6.07, 6.45) is 5.34. The second-order valence-electron chi connectivity index (χ2n) is 11.6. The Balaban J connectivity index is 1.37. The Morgan fingerprint density at radius 1 is 1.08 bits per heavy atom. The molecule has 0 unspecified atom stereocenters. The molecule has 3 aliphatic carbocycles. The molecule has 2 heterocycles. The summed E-state index contributed by atoms with van der Waals surface area (Å²) in [6.45, 7) is 4.14. The van der Waals surface area contributed by atoms with Crippen molar-refractivity contribution >= 4 is 5.78 Å². The van der Waals surface area contributed by atoms with Crippen LogP contribution in [0.2, 0.25) is 0 Å². The molecule has 0 amide bonds. The number of carbonyl (C=O) groups excluding carboxylic acids is 1. The first-order chi connectivity index (χ1) is 17.4. The van der Waals surface area contributed by atoms with Gasteiger partial charge in [0.25, 0.3) is 5.56 Å². The third-order valence-corrected chi connectivity index (χ3v) is 9.46. The maximum absolute atomic E-state index is 13.2. The number of carbonyl (C=O) groups is 1. The SMILES string of the molecule is Cc1ccc2c(c1)[C@]13CCN(CC4CC4)[C@H](C2)[C@]1(O)Cc1cc(C(=O)c2ccccc2)c(=O)[nH]c1C3. The van der Waals surface area contributed by atoms with Gasteiger partial charge in [0.1, 0.15) is 0 Å². The van der Waals surface area contributed by atoms with Gasteiger partial charge in [0.15, 0.2) is 5.78 Å². The lowest BCUT2D eigenvalue weighted by Gasteiger charge is -2.64. The average Bonchev–Trinajstić information content (AvgIpc) is 3.69. The molecule has 4 aliphatic rings. The molecule has 5 heteroatoms. The maximum atomic E-state index is 13.2. The normalized spacial score (nSPS) is 28.7. The van der Waals surface area contributed by atoms with E-state index in [9.17, 15) is 14.7 Å². The van der Waals surface area contributed by atoms with Crippen LogP contribution in [0.5, 0.6) is 0 Å². The van der Waals surface area contributed by atoms with Crippen LogP contribution in [0.3, 0.4) is 0 Å². The van der Waals surface area contributed by atoms with Crippen LogP contribution >= 0.6 is 0 Å². The smallest absolute Gasteiger partial charge is 0.259 e. The number of hydrogen-bond acceptors (Lipinski definition) is 4. The molecule has 3 aromatic rings. The summed E-state index contributed by atoms with van der Waals surface area (Å²) < 4.78 is 0.